The van der Waals surface area contributed by atoms with Crippen LogP contribution in [0.1, 0.15) is 11.1 Å². The van der Waals surface area contributed by atoms with Gasteiger partial charge < -0.3 is 5.32 Å². The van der Waals surface area contributed by atoms with Gasteiger partial charge in [-0.1, -0.05) is 12.1 Å². The molecule has 0 amide bonds. The quantitative estimate of drug-likeness (QED) is 0.823. The molecule has 2 aromatic rings. The third-order valence-electron chi connectivity index (χ3n) is 2.64. The molecule has 3 nitrogen and oxygen atoms in total. The fourth-order valence-electron chi connectivity index (χ4n) is 1.61. The molecule has 19 heavy (non-hydrogen) atoms. The minimum Gasteiger partial charge on any atom is -0.365 e. The SMILES string of the molecule is Cn1ncc(I)c1NCc1ccc(C(F)(F)F)cc1. The molecule has 1 aromatic heterocycles. The largest absolute Gasteiger partial charge is 0.416 e. The standard InChI is InChI=1S/C12H11F3IN3/c1-19-11(10(16)7-18-19)17-6-8-2-4-9(5-3-8)12(13,14)15/h2-5,7,17H,6H2,1H3. The highest BCUT2D eigenvalue weighted by atomic mass is 127. The monoisotopic (exact) mass is 381 g/mol. The third-order valence-corrected chi connectivity index (χ3v) is 3.42. The van der Waals surface area contributed by atoms with Crippen LogP contribution < -0.4 is 5.32 Å². The van der Waals surface area contributed by atoms with Crippen LogP contribution in [-0.2, 0) is 19.8 Å². The average molecular weight is 381 g/mol. The molecule has 0 spiro atoms. The van der Waals surface area contributed by atoms with E-state index in [-0.39, 0.29) is 0 Å². The second-order valence-corrected chi connectivity index (χ2v) is 5.18. The minimum absolute atomic E-state index is 0.452. The first kappa shape index (κ1) is 14.2. The van der Waals surface area contributed by atoms with Crippen LogP contribution in [0.25, 0.3) is 0 Å². The van der Waals surface area contributed by atoms with E-state index in [1.165, 1.54) is 12.1 Å². The zero-order chi connectivity index (χ0) is 14.0. The topological polar surface area (TPSA) is 29.9 Å². The molecule has 1 N–H and O–H groups in total. The molecule has 0 saturated carbocycles. The lowest BCUT2D eigenvalue weighted by Gasteiger charge is -2.09. The number of alkyl halides is 3. The van der Waals surface area contributed by atoms with Gasteiger partial charge in [0.05, 0.1) is 15.3 Å². The molecule has 0 saturated heterocycles. The highest BCUT2D eigenvalue weighted by Gasteiger charge is 2.29. The van der Waals surface area contributed by atoms with E-state index in [1.54, 1.807) is 17.9 Å². The number of aryl methyl sites for hydroxylation is 1. The van der Waals surface area contributed by atoms with E-state index in [1.807, 2.05) is 0 Å². The second-order valence-electron chi connectivity index (χ2n) is 4.01. The summed E-state index contributed by atoms with van der Waals surface area (Å²) in [5.74, 6) is 0.848. The highest BCUT2D eigenvalue weighted by Crippen LogP contribution is 2.29. The van der Waals surface area contributed by atoms with Crippen LogP contribution in [0.15, 0.2) is 30.5 Å². The first-order chi connectivity index (χ1) is 8.88. The van der Waals surface area contributed by atoms with Gasteiger partial charge in [0.1, 0.15) is 5.82 Å². The Morgan fingerprint density at radius 1 is 1.26 bits per heavy atom. The highest BCUT2D eigenvalue weighted by molar-refractivity contribution is 14.1. The summed E-state index contributed by atoms with van der Waals surface area (Å²) in [5, 5.41) is 7.22. The smallest absolute Gasteiger partial charge is 0.365 e. The number of aromatic nitrogens is 2. The van der Waals surface area contributed by atoms with Crippen LogP contribution in [0, 0.1) is 3.57 Å². The van der Waals surface area contributed by atoms with Gasteiger partial charge >= 0.3 is 6.18 Å². The molecule has 102 valence electrons. The number of halogens is 4. The van der Waals surface area contributed by atoms with E-state index in [4.69, 9.17) is 0 Å². The number of hydrogen-bond acceptors (Lipinski definition) is 2. The third kappa shape index (κ3) is 3.40. The van der Waals surface area contributed by atoms with Gasteiger partial charge in [-0.3, -0.25) is 4.68 Å². The van der Waals surface area contributed by atoms with Crippen LogP contribution >= 0.6 is 22.6 Å². The summed E-state index contributed by atoms with van der Waals surface area (Å²) in [6, 6.07) is 5.12. The number of nitrogens with zero attached hydrogens (tertiary/aromatic N) is 2. The molecule has 0 aliphatic carbocycles. The molecular formula is C12H11F3IN3. The Hall–Kier alpha value is -1.25. The zero-order valence-corrected chi connectivity index (χ0v) is 12.2. The van der Waals surface area contributed by atoms with Gasteiger partial charge in [0, 0.05) is 13.6 Å². The van der Waals surface area contributed by atoms with Crippen LogP contribution in [0.4, 0.5) is 19.0 Å². The lowest BCUT2D eigenvalue weighted by Crippen LogP contribution is -2.07. The Morgan fingerprint density at radius 2 is 1.89 bits per heavy atom. The molecule has 1 aromatic carbocycles. The lowest BCUT2D eigenvalue weighted by molar-refractivity contribution is -0.137. The minimum atomic E-state index is -4.29. The molecule has 7 heteroatoms. The van der Waals surface area contributed by atoms with Gasteiger partial charge in [-0.25, -0.2) is 0 Å². The van der Waals surface area contributed by atoms with E-state index < -0.39 is 11.7 Å². The molecule has 0 radical (unpaired) electrons. The van der Waals surface area contributed by atoms with E-state index in [2.05, 4.69) is 33.0 Å². The molecule has 1 heterocycles. The van der Waals surface area contributed by atoms with Crippen molar-refractivity contribution >= 4 is 28.4 Å². The Bertz CT molecular complexity index is 541. The molecule has 2 rings (SSSR count). The number of rotatable bonds is 3. The molecule has 0 aliphatic rings. The number of nitrogens with one attached hydrogen (secondary N) is 1. The molecule has 0 aliphatic heterocycles. The van der Waals surface area contributed by atoms with E-state index >= 15 is 0 Å². The number of hydrogen-bond donors (Lipinski definition) is 1. The van der Waals surface area contributed by atoms with Crippen molar-refractivity contribution in [1.82, 2.24) is 9.78 Å². The fraction of sp³-hybridized carbons (Fsp3) is 0.250. The van der Waals surface area contributed by atoms with Crippen LogP contribution in [0.2, 0.25) is 0 Å². The summed E-state index contributed by atoms with van der Waals surface area (Å²) in [6.45, 7) is 0.452. The van der Waals surface area contributed by atoms with Crippen molar-refractivity contribution in [2.75, 3.05) is 5.32 Å². The number of anilines is 1. The first-order valence-electron chi connectivity index (χ1n) is 5.45. The molecule has 0 bridgehead atoms. The van der Waals surface area contributed by atoms with E-state index in [9.17, 15) is 13.2 Å². The first-order valence-corrected chi connectivity index (χ1v) is 6.53. The molecule has 0 atom stereocenters. The normalized spacial score (nSPS) is 11.6. The maximum atomic E-state index is 12.4. The predicted octanol–water partition coefficient (Wildman–Crippen LogP) is 3.66. The summed E-state index contributed by atoms with van der Waals surface area (Å²) in [5.41, 5.74) is 0.149. The maximum absolute atomic E-state index is 12.4. The van der Waals surface area contributed by atoms with Crippen LogP contribution in [-0.4, -0.2) is 9.78 Å². The maximum Gasteiger partial charge on any atom is 0.416 e. The van der Waals surface area contributed by atoms with Gasteiger partial charge in [0.25, 0.3) is 0 Å². The summed E-state index contributed by atoms with van der Waals surface area (Å²) < 4.78 is 39.9. The Balaban J connectivity index is 2.05. The molecule has 0 unspecified atom stereocenters. The fourth-order valence-corrected chi connectivity index (χ4v) is 2.27. The average Bonchev–Trinajstić information content (AvgIpc) is 2.66. The van der Waals surface area contributed by atoms with E-state index in [0.717, 1.165) is 27.1 Å². The van der Waals surface area contributed by atoms with Crippen LogP contribution in [0.3, 0.4) is 0 Å². The van der Waals surface area contributed by atoms with Gasteiger partial charge in [0.2, 0.25) is 0 Å². The second kappa shape index (κ2) is 5.40. The molecule has 0 fully saturated rings. The van der Waals surface area contributed by atoms with Crippen molar-refractivity contribution in [3.63, 3.8) is 0 Å². The van der Waals surface area contributed by atoms with E-state index in [0.29, 0.717) is 6.54 Å². The van der Waals surface area contributed by atoms with Crippen molar-refractivity contribution in [1.29, 1.82) is 0 Å². The Labute approximate surface area is 121 Å². The van der Waals surface area contributed by atoms with Gasteiger partial charge in [-0.15, -0.1) is 0 Å². The van der Waals surface area contributed by atoms with Crippen molar-refractivity contribution in [2.24, 2.45) is 7.05 Å². The Kier molecular flexibility index (Phi) is 4.02. The van der Waals surface area contributed by atoms with Crippen molar-refractivity contribution in [3.8, 4) is 0 Å². The zero-order valence-electron chi connectivity index (χ0n) is 10.0. The van der Waals surface area contributed by atoms with Crippen molar-refractivity contribution in [3.05, 3.63) is 45.2 Å². The molecular weight excluding hydrogens is 370 g/mol. The predicted molar refractivity (Wildman–Crippen MR) is 74.7 cm³/mol. The van der Waals surface area contributed by atoms with Gasteiger partial charge in [0.15, 0.2) is 0 Å². The van der Waals surface area contributed by atoms with Crippen molar-refractivity contribution in [2.45, 2.75) is 12.7 Å². The summed E-state index contributed by atoms with van der Waals surface area (Å²) in [6.07, 6.45) is -2.57. The summed E-state index contributed by atoms with van der Waals surface area (Å²) in [7, 11) is 1.80. The van der Waals surface area contributed by atoms with Crippen LogP contribution in [0.5, 0.6) is 0 Å². The van der Waals surface area contributed by atoms with Gasteiger partial charge in [-0.2, -0.15) is 18.3 Å². The van der Waals surface area contributed by atoms with Gasteiger partial charge in [-0.05, 0) is 40.3 Å². The Morgan fingerprint density at radius 3 is 2.37 bits per heavy atom. The summed E-state index contributed by atoms with van der Waals surface area (Å²) in [4.78, 5) is 0. The summed E-state index contributed by atoms with van der Waals surface area (Å²) >= 11 is 2.15. The van der Waals surface area contributed by atoms with Crippen molar-refractivity contribution < 1.29 is 13.2 Å². The lowest BCUT2D eigenvalue weighted by atomic mass is 10.1. The number of benzene rings is 1.